The van der Waals surface area contributed by atoms with E-state index in [-0.39, 0.29) is 11.5 Å². The fourth-order valence-electron chi connectivity index (χ4n) is 2.78. The molecule has 0 aliphatic carbocycles. The minimum absolute atomic E-state index is 0.0181. The number of benzene rings is 3. The van der Waals surface area contributed by atoms with Crippen molar-refractivity contribution in [2.75, 3.05) is 0 Å². The second kappa shape index (κ2) is 9.89. The van der Waals surface area contributed by atoms with Crippen LogP contribution in [0.1, 0.15) is 16.7 Å². The number of aliphatic hydroxyl groups excluding tert-OH is 1. The number of carbonyl (C=O) groups excluding carboxylic acids is 1. The third-order valence-electron chi connectivity index (χ3n) is 4.29. The lowest BCUT2D eigenvalue weighted by Gasteiger charge is -2.07. The summed E-state index contributed by atoms with van der Waals surface area (Å²) >= 11 is 0. The Balaban J connectivity index is 1.88. The minimum atomic E-state index is -0.206. The van der Waals surface area contributed by atoms with E-state index in [0.717, 1.165) is 16.7 Å². The van der Waals surface area contributed by atoms with Crippen molar-refractivity contribution in [2.45, 2.75) is 6.42 Å². The summed E-state index contributed by atoms with van der Waals surface area (Å²) in [5.41, 5.74) is 3.24. The van der Waals surface area contributed by atoms with Gasteiger partial charge in [-0.25, -0.2) is 0 Å². The van der Waals surface area contributed by atoms with Gasteiger partial charge in [-0.2, -0.15) is 0 Å². The minimum Gasteiger partial charge on any atom is -0.508 e. The van der Waals surface area contributed by atoms with E-state index in [4.69, 9.17) is 0 Å². The molecule has 0 aliphatic heterocycles. The summed E-state index contributed by atoms with van der Waals surface area (Å²) in [6.45, 7) is 0. The molecule has 0 unspecified atom stereocenters. The lowest BCUT2D eigenvalue weighted by molar-refractivity contribution is -0.111. The highest BCUT2D eigenvalue weighted by Crippen LogP contribution is 2.16. The summed E-state index contributed by atoms with van der Waals surface area (Å²) < 4.78 is 0. The van der Waals surface area contributed by atoms with E-state index in [0.29, 0.717) is 12.0 Å². The lowest BCUT2D eigenvalue weighted by Crippen LogP contribution is -2.06. The Morgan fingerprint density at radius 2 is 1.14 bits per heavy atom. The molecule has 0 bridgehead atoms. The highest BCUT2D eigenvalue weighted by molar-refractivity contribution is 6.07. The van der Waals surface area contributed by atoms with Crippen LogP contribution in [0.4, 0.5) is 0 Å². The molecule has 0 atom stereocenters. The summed E-state index contributed by atoms with van der Waals surface area (Å²) in [6.07, 6.45) is 7.03. The number of allylic oxidation sites excluding steroid dienone is 3. The first-order valence-electron chi connectivity index (χ1n) is 9.19. The molecule has 28 heavy (non-hydrogen) atoms. The molecule has 0 radical (unpaired) electrons. The molecule has 138 valence electrons. The van der Waals surface area contributed by atoms with Crippen molar-refractivity contribution >= 4 is 17.9 Å². The standard InChI is InChI=1S/C26H22O2/c27-25(18-16-21-10-4-1-5-11-21)24(20-23-14-8-3-9-15-23)26(28)19-17-22-12-6-2-7-13-22/h1-19,27H,20H2/b18-16+,19-17+,25-24-. The van der Waals surface area contributed by atoms with Crippen LogP contribution in [0.15, 0.2) is 114 Å². The van der Waals surface area contributed by atoms with E-state index in [9.17, 15) is 9.90 Å². The molecule has 0 saturated heterocycles. The summed E-state index contributed by atoms with van der Waals surface area (Å²) in [4.78, 5) is 12.8. The molecule has 3 aromatic carbocycles. The SMILES string of the molecule is O=C(/C=C/c1ccccc1)/C(Cc1ccccc1)=C(O)/C=C/c1ccccc1. The molecule has 2 heteroatoms. The maximum absolute atomic E-state index is 12.8. The average Bonchev–Trinajstić information content (AvgIpc) is 2.76. The number of aliphatic hydroxyl groups is 1. The summed E-state index contributed by atoms with van der Waals surface area (Å²) in [5.74, 6) is -0.224. The van der Waals surface area contributed by atoms with Gasteiger partial charge < -0.3 is 5.11 Å². The summed E-state index contributed by atoms with van der Waals surface area (Å²) in [7, 11) is 0. The number of ketones is 1. The largest absolute Gasteiger partial charge is 0.508 e. The van der Waals surface area contributed by atoms with Gasteiger partial charge in [0.05, 0.1) is 0 Å². The van der Waals surface area contributed by atoms with E-state index >= 15 is 0 Å². The molecular weight excluding hydrogens is 344 g/mol. The number of carbonyl (C=O) groups is 1. The van der Waals surface area contributed by atoms with Crippen molar-refractivity contribution in [1.82, 2.24) is 0 Å². The van der Waals surface area contributed by atoms with Gasteiger partial charge in [0.15, 0.2) is 5.78 Å². The van der Waals surface area contributed by atoms with Gasteiger partial charge in [-0.05, 0) is 28.8 Å². The van der Waals surface area contributed by atoms with Crippen molar-refractivity contribution in [2.24, 2.45) is 0 Å². The molecule has 0 spiro atoms. The van der Waals surface area contributed by atoms with Crippen molar-refractivity contribution < 1.29 is 9.90 Å². The van der Waals surface area contributed by atoms with Gasteiger partial charge in [-0.15, -0.1) is 0 Å². The van der Waals surface area contributed by atoms with Crippen LogP contribution in [0, 0.1) is 0 Å². The van der Waals surface area contributed by atoms with E-state index < -0.39 is 0 Å². The summed E-state index contributed by atoms with van der Waals surface area (Å²) in [6, 6.07) is 29.0. The van der Waals surface area contributed by atoms with Crippen molar-refractivity contribution in [3.8, 4) is 0 Å². The maximum atomic E-state index is 12.8. The zero-order valence-electron chi connectivity index (χ0n) is 15.5. The molecule has 0 fully saturated rings. The second-order valence-electron chi connectivity index (χ2n) is 6.38. The first-order chi connectivity index (χ1) is 13.7. The Morgan fingerprint density at radius 3 is 1.68 bits per heavy atom. The van der Waals surface area contributed by atoms with E-state index in [1.54, 1.807) is 18.2 Å². The van der Waals surface area contributed by atoms with Crippen molar-refractivity contribution in [1.29, 1.82) is 0 Å². The van der Waals surface area contributed by atoms with E-state index in [1.165, 1.54) is 6.08 Å². The van der Waals surface area contributed by atoms with Crippen LogP contribution in [-0.4, -0.2) is 10.9 Å². The Bertz CT molecular complexity index is 982. The Kier molecular flexibility index (Phi) is 6.75. The van der Waals surface area contributed by atoms with Crippen LogP contribution in [-0.2, 0) is 11.2 Å². The molecule has 1 N–H and O–H groups in total. The van der Waals surface area contributed by atoms with Crippen LogP contribution in [0.5, 0.6) is 0 Å². The molecule has 0 saturated carbocycles. The third kappa shape index (κ3) is 5.68. The topological polar surface area (TPSA) is 37.3 Å². The third-order valence-corrected chi connectivity index (χ3v) is 4.29. The highest BCUT2D eigenvalue weighted by atomic mass is 16.3. The number of hydrogen-bond donors (Lipinski definition) is 1. The van der Waals surface area contributed by atoms with Gasteiger partial charge >= 0.3 is 0 Å². The average molecular weight is 366 g/mol. The first kappa shape index (κ1) is 19.1. The molecule has 0 amide bonds. The Labute approximate surface area is 165 Å². The molecular formula is C26H22O2. The van der Waals surface area contributed by atoms with Crippen LogP contribution < -0.4 is 0 Å². The lowest BCUT2D eigenvalue weighted by atomic mass is 9.99. The number of hydrogen-bond acceptors (Lipinski definition) is 2. The molecule has 0 aliphatic rings. The quantitative estimate of drug-likeness (QED) is 0.314. The number of rotatable bonds is 7. The van der Waals surface area contributed by atoms with Gasteiger partial charge in [0.1, 0.15) is 5.76 Å². The van der Waals surface area contributed by atoms with Gasteiger partial charge in [-0.3, -0.25) is 4.79 Å². The summed E-state index contributed by atoms with van der Waals surface area (Å²) in [5, 5.41) is 10.6. The van der Waals surface area contributed by atoms with Crippen LogP contribution in [0.2, 0.25) is 0 Å². The first-order valence-corrected chi connectivity index (χ1v) is 9.19. The van der Waals surface area contributed by atoms with Crippen molar-refractivity contribution in [3.05, 3.63) is 131 Å². The van der Waals surface area contributed by atoms with Gasteiger partial charge in [0.2, 0.25) is 0 Å². The Morgan fingerprint density at radius 1 is 0.679 bits per heavy atom. The molecule has 2 nitrogen and oxygen atoms in total. The monoisotopic (exact) mass is 366 g/mol. The zero-order chi connectivity index (χ0) is 19.6. The van der Waals surface area contributed by atoms with Crippen molar-refractivity contribution in [3.63, 3.8) is 0 Å². The van der Waals surface area contributed by atoms with Gasteiger partial charge in [0, 0.05) is 12.0 Å². The van der Waals surface area contributed by atoms with E-state index in [2.05, 4.69) is 0 Å². The predicted molar refractivity (Wildman–Crippen MR) is 116 cm³/mol. The highest BCUT2D eigenvalue weighted by Gasteiger charge is 2.12. The molecule has 0 heterocycles. The molecule has 3 rings (SSSR count). The maximum Gasteiger partial charge on any atom is 0.185 e. The normalized spacial score (nSPS) is 12.3. The predicted octanol–water partition coefficient (Wildman–Crippen LogP) is 6.04. The zero-order valence-corrected chi connectivity index (χ0v) is 15.5. The van der Waals surface area contributed by atoms with Crippen LogP contribution in [0.25, 0.3) is 12.2 Å². The molecule has 0 aromatic heterocycles. The van der Waals surface area contributed by atoms with E-state index in [1.807, 2.05) is 91.0 Å². The van der Waals surface area contributed by atoms with Gasteiger partial charge in [0.25, 0.3) is 0 Å². The smallest absolute Gasteiger partial charge is 0.185 e. The second-order valence-corrected chi connectivity index (χ2v) is 6.38. The van der Waals surface area contributed by atoms with Gasteiger partial charge in [-0.1, -0.05) is 103 Å². The fraction of sp³-hybridized carbons (Fsp3) is 0.0385. The molecule has 3 aromatic rings. The van der Waals surface area contributed by atoms with Crippen LogP contribution >= 0.6 is 0 Å². The fourth-order valence-corrected chi connectivity index (χ4v) is 2.78. The van der Waals surface area contributed by atoms with Crippen LogP contribution in [0.3, 0.4) is 0 Å². The Hall–Kier alpha value is -3.65.